The molecule has 1 heterocycles. The molecule has 0 saturated heterocycles. The van der Waals surface area contributed by atoms with Crippen molar-refractivity contribution in [3.8, 4) is 11.5 Å². The molecule has 0 aliphatic carbocycles. The van der Waals surface area contributed by atoms with E-state index in [1.807, 2.05) is 0 Å². The standard InChI is InChI=1S/C19H18F3N3O6/c1-24(8-12-6-15(25(27)28)7-13-10-29-11-30-18(12)13)9-17(26)23-14-2-4-16(5-3-14)31-19(20,21)22/h2-7H,8-11H2,1H3,(H,23,26). The van der Waals surface area contributed by atoms with Crippen molar-refractivity contribution in [3.05, 3.63) is 57.6 Å². The Hall–Kier alpha value is -3.38. The number of alkyl halides is 3. The van der Waals surface area contributed by atoms with Crippen LogP contribution in [-0.4, -0.2) is 42.5 Å². The number of anilines is 1. The summed E-state index contributed by atoms with van der Waals surface area (Å²) in [6.07, 6.45) is -4.80. The van der Waals surface area contributed by atoms with Gasteiger partial charge in [0.05, 0.1) is 18.1 Å². The van der Waals surface area contributed by atoms with Crippen molar-refractivity contribution >= 4 is 17.3 Å². The summed E-state index contributed by atoms with van der Waals surface area (Å²) in [5.41, 5.74) is 1.27. The fourth-order valence-electron chi connectivity index (χ4n) is 3.04. The SMILES string of the molecule is CN(CC(=O)Nc1ccc(OC(F)(F)F)cc1)Cc1cc([N+](=O)[O-])cc2c1OCOC2. The van der Waals surface area contributed by atoms with Crippen LogP contribution >= 0.6 is 0 Å². The fourth-order valence-corrected chi connectivity index (χ4v) is 3.04. The molecule has 0 atom stereocenters. The summed E-state index contributed by atoms with van der Waals surface area (Å²) in [5, 5.41) is 13.7. The number of likely N-dealkylation sites (N-methyl/N-ethyl adjacent to an activating group) is 1. The second-order valence-corrected chi connectivity index (χ2v) is 6.75. The van der Waals surface area contributed by atoms with E-state index in [0.717, 1.165) is 12.1 Å². The molecule has 1 aliphatic heterocycles. The molecule has 0 aromatic heterocycles. The lowest BCUT2D eigenvalue weighted by molar-refractivity contribution is -0.385. The number of halogens is 3. The number of hydrogen-bond acceptors (Lipinski definition) is 7. The highest BCUT2D eigenvalue weighted by Crippen LogP contribution is 2.33. The van der Waals surface area contributed by atoms with Crippen LogP contribution in [0.25, 0.3) is 0 Å². The summed E-state index contributed by atoms with van der Waals surface area (Å²) in [6.45, 7) is 0.322. The highest BCUT2D eigenvalue weighted by Gasteiger charge is 2.31. The molecule has 166 valence electrons. The van der Waals surface area contributed by atoms with Gasteiger partial charge in [-0.3, -0.25) is 19.8 Å². The first-order valence-electron chi connectivity index (χ1n) is 8.95. The molecule has 0 radical (unpaired) electrons. The number of hydrogen-bond donors (Lipinski definition) is 1. The van der Waals surface area contributed by atoms with Gasteiger partial charge < -0.3 is 19.5 Å². The van der Waals surface area contributed by atoms with Crippen molar-refractivity contribution in [2.24, 2.45) is 0 Å². The second-order valence-electron chi connectivity index (χ2n) is 6.75. The number of rotatable bonds is 7. The number of fused-ring (bicyclic) bond motifs is 1. The Labute approximate surface area is 174 Å². The number of carbonyl (C=O) groups is 1. The molecule has 12 heteroatoms. The summed E-state index contributed by atoms with van der Waals surface area (Å²) < 4.78 is 51.0. The van der Waals surface area contributed by atoms with E-state index in [-0.39, 0.29) is 32.2 Å². The third-order valence-corrected chi connectivity index (χ3v) is 4.21. The van der Waals surface area contributed by atoms with Crippen LogP contribution in [-0.2, 0) is 22.7 Å². The van der Waals surface area contributed by atoms with E-state index in [0.29, 0.717) is 22.6 Å². The molecule has 31 heavy (non-hydrogen) atoms. The van der Waals surface area contributed by atoms with Crippen molar-refractivity contribution in [1.82, 2.24) is 4.90 Å². The van der Waals surface area contributed by atoms with E-state index in [1.165, 1.54) is 24.3 Å². The molecular formula is C19H18F3N3O6. The van der Waals surface area contributed by atoms with Gasteiger partial charge in [0.1, 0.15) is 11.5 Å². The summed E-state index contributed by atoms with van der Waals surface area (Å²) in [5.74, 6) is -0.332. The number of nitrogens with one attached hydrogen (secondary N) is 1. The van der Waals surface area contributed by atoms with E-state index < -0.39 is 22.9 Å². The Kier molecular flexibility index (Phi) is 6.61. The molecule has 3 rings (SSSR count). The normalized spacial score (nSPS) is 13.3. The van der Waals surface area contributed by atoms with Gasteiger partial charge >= 0.3 is 6.36 Å². The monoisotopic (exact) mass is 441 g/mol. The predicted octanol–water partition coefficient (Wildman–Crippen LogP) is 3.43. The summed E-state index contributed by atoms with van der Waals surface area (Å²) in [7, 11) is 1.64. The molecule has 2 aromatic carbocycles. The van der Waals surface area contributed by atoms with Crippen molar-refractivity contribution in [3.63, 3.8) is 0 Å². The summed E-state index contributed by atoms with van der Waals surface area (Å²) in [4.78, 5) is 24.6. The molecule has 1 N–H and O–H groups in total. The smallest absolute Gasteiger partial charge is 0.467 e. The lowest BCUT2D eigenvalue weighted by Crippen LogP contribution is -2.30. The van der Waals surface area contributed by atoms with Crippen LogP contribution in [0, 0.1) is 10.1 Å². The van der Waals surface area contributed by atoms with Crippen LogP contribution in [0.4, 0.5) is 24.5 Å². The van der Waals surface area contributed by atoms with E-state index in [1.54, 1.807) is 11.9 Å². The maximum Gasteiger partial charge on any atom is 0.573 e. The number of non-ortho nitro benzene ring substituents is 1. The van der Waals surface area contributed by atoms with Gasteiger partial charge in [0.25, 0.3) is 5.69 Å². The van der Waals surface area contributed by atoms with E-state index in [9.17, 15) is 28.1 Å². The van der Waals surface area contributed by atoms with Crippen LogP contribution < -0.4 is 14.8 Å². The zero-order chi connectivity index (χ0) is 22.6. The van der Waals surface area contributed by atoms with Gasteiger partial charge in [-0.1, -0.05) is 0 Å². The van der Waals surface area contributed by atoms with Gasteiger partial charge in [-0.25, -0.2) is 0 Å². The minimum absolute atomic E-state index is 0.0239. The molecular weight excluding hydrogens is 423 g/mol. The first-order valence-corrected chi connectivity index (χ1v) is 8.95. The number of nitro groups is 1. The van der Waals surface area contributed by atoms with Crippen molar-refractivity contribution in [2.75, 3.05) is 25.7 Å². The average molecular weight is 441 g/mol. The molecule has 0 saturated carbocycles. The van der Waals surface area contributed by atoms with Crippen LogP contribution in [0.2, 0.25) is 0 Å². The Morgan fingerprint density at radius 1 is 1.29 bits per heavy atom. The topological polar surface area (TPSA) is 103 Å². The lowest BCUT2D eigenvalue weighted by Gasteiger charge is -2.23. The van der Waals surface area contributed by atoms with Gasteiger partial charge in [0.2, 0.25) is 5.91 Å². The second kappa shape index (κ2) is 9.18. The van der Waals surface area contributed by atoms with Crippen LogP contribution in [0.1, 0.15) is 11.1 Å². The zero-order valence-electron chi connectivity index (χ0n) is 16.3. The highest BCUT2D eigenvalue weighted by atomic mass is 19.4. The molecule has 2 aromatic rings. The number of carbonyl (C=O) groups excluding carboxylic acids is 1. The Bertz CT molecular complexity index is 966. The average Bonchev–Trinajstić information content (AvgIpc) is 2.68. The molecule has 9 nitrogen and oxygen atoms in total. The third kappa shape index (κ3) is 6.30. The quantitative estimate of drug-likeness (QED) is 0.519. The minimum atomic E-state index is -4.80. The first-order chi connectivity index (χ1) is 14.6. The first kappa shape index (κ1) is 22.3. The van der Waals surface area contributed by atoms with Gasteiger partial charge in [0.15, 0.2) is 6.79 Å². The molecule has 0 unspecified atom stereocenters. The largest absolute Gasteiger partial charge is 0.573 e. The fraction of sp³-hybridized carbons (Fsp3) is 0.316. The van der Waals surface area contributed by atoms with Gasteiger partial charge in [-0.15, -0.1) is 13.2 Å². The molecule has 1 amide bonds. The van der Waals surface area contributed by atoms with Crippen molar-refractivity contribution in [1.29, 1.82) is 0 Å². The molecule has 0 spiro atoms. The minimum Gasteiger partial charge on any atom is -0.467 e. The van der Waals surface area contributed by atoms with Crippen molar-refractivity contribution < 1.29 is 37.1 Å². The van der Waals surface area contributed by atoms with E-state index in [4.69, 9.17) is 9.47 Å². The van der Waals surface area contributed by atoms with Gasteiger partial charge in [0, 0.05) is 35.5 Å². The summed E-state index contributed by atoms with van der Waals surface area (Å²) >= 11 is 0. The Balaban J connectivity index is 1.62. The van der Waals surface area contributed by atoms with Gasteiger partial charge in [-0.2, -0.15) is 0 Å². The van der Waals surface area contributed by atoms with Gasteiger partial charge in [-0.05, 0) is 31.3 Å². The third-order valence-electron chi connectivity index (χ3n) is 4.21. The Morgan fingerprint density at radius 3 is 2.65 bits per heavy atom. The molecule has 1 aliphatic rings. The number of benzene rings is 2. The Morgan fingerprint density at radius 2 is 2.00 bits per heavy atom. The number of nitro benzene ring substituents is 1. The maximum absolute atomic E-state index is 12.3. The number of ether oxygens (including phenoxy) is 3. The molecule has 0 bridgehead atoms. The summed E-state index contributed by atoms with van der Waals surface area (Å²) in [6, 6.07) is 7.51. The van der Waals surface area contributed by atoms with Crippen molar-refractivity contribution in [2.45, 2.75) is 19.5 Å². The zero-order valence-corrected chi connectivity index (χ0v) is 16.3. The van der Waals surface area contributed by atoms with E-state index >= 15 is 0 Å². The van der Waals surface area contributed by atoms with Crippen LogP contribution in [0.5, 0.6) is 11.5 Å². The lowest BCUT2D eigenvalue weighted by atomic mass is 10.1. The number of amides is 1. The van der Waals surface area contributed by atoms with Crippen LogP contribution in [0.15, 0.2) is 36.4 Å². The number of nitrogens with zero attached hydrogens (tertiary/aromatic N) is 2. The highest BCUT2D eigenvalue weighted by molar-refractivity contribution is 5.92. The van der Waals surface area contributed by atoms with E-state index in [2.05, 4.69) is 10.1 Å². The predicted molar refractivity (Wildman–Crippen MR) is 101 cm³/mol. The maximum atomic E-state index is 12.3. The van der Waals surface area contributed by atoms with Crippen LogP contribution in [0.3, 0.4) is 0 Å². The molecule has 0 fully saturated rings.